The van der Waals surface area contributed by atoms with Gasteiger partial charge in [0.15, 0.2) is 0 Å². The highest BCUT2D eigenvalue weighted by atomic mass is 16.5. The summed E-state index contributed by atoms with van der Waals surface area (Å²) in [5.41, 5.74) is 0. The van der Waals surface area contributed by atoms with Crippen molar-refractivity contribution in [1.82, 2.24) is 0 Å². The zero-order valence-electron chi connectivity index (χ0n) is 7.50. The van der Waals surface area contributed by atoms with Crippen molar-refractivity contribution < 1.29 is 14.3 Å². The quantitative estimate of drug-likeness (QED) is 0.580. The lowest BCUT2D eigenvalue weighted by molar-refractivity contribution is -0.133. The zero-order chi connectivity index (χ0) is 9.14. The molecule has 1 atom stereocenters. The second-order valence-corrected chi connectivity index (χ2v) is 3.36. The predicted octanol–water partition coefficient (Wildman–Crippen LogP) is 0.960. The van der Waals surface area contributed by atoms with Crippen LogP contribution in [0.5, 0.6) is 0 Å². The van der Waals surface area contributed by atoms with E-state index in [1.165, 1.54) is 0 Å². The summed E-state index contributed by atoms with van der Waals surface area (Å²) in [7, 11) is 1.61. The zero-order valence-corrected chi connectivity index (χ0v) is 7.50. The maximum Gasteiger partial charge on any atom is 0.140 e. The Labute approximate surface area is 72.1 Å². The van der Waals surface area contributed by atoms with Crippen LogP contribution in [0.4, 0.5) is 0 Å². The first kappa shape index (κ1) is 9.39. The van der Waals surface area contributed by atoms with Gasteiger partial charge in [-0.2, -0.15) is 0 Å². The van der Waals surface area contributed by atoms with Crippen molar-refractivity contribution in [1.29, 1.82) is 0 Å². The van der Waals surface area contributed by atoms with Gasteiger partial charge in [0.05, 0.1) is 12.5 Å². The smallest absolute Gasteiger partial charge is 0.140 e. The van der Waals surface area contributed by atoms with Gasteiger partial charge in [-0.3, -0.25) is 9.59 Å². The number of hydrogen-bond donors (Lipinski definition) is 0. The molecule has 12 heavy (non-hydrogen) atoms. The molecule has 0 aromatic heterocycles. The fraction of sp³-hybridized carbons (Fsp3) is 0.778. The molecule has 68 valence electrons. The second kappa shape index (κ2) is 3.81. The number of ether oxygens (including phenoxy) is 1. The third-order valence-electron chi connectivity index (χ3n) is 2.41. The van der Waals surface area contributed by atoms with Crippen molar-refractivity contribution in [3.05, 3.63) is 0 Å². The molecule has 0 saturated heterocycles. The van der Waals surface area contributed by atoms with Crippen LogP contribution < -0.4 is 0 Å². The summed E-state index contributed by atoms with van der Waals surface area (Å²) in [6.45, 7) is 1.90. The van der Waals surface area contributed by atoms with Crippen LogP contribution in [0.15, 0.2) is 0 Å². The molecule has 0 spiro atoms. The molecule has 1 unspecified atom stereocenters. The second-order valence-electron chi connectivity index (χ2n) is 3.36. The topological polar surface area (TPSA) is 43.4 Å². The Balaban J connectivity index is 2.55. The fourth-order valence-electron chi connectivity index (χ4n) is 1.55. The largest absolute Gasteiger partial charge is 0.381 e. The highest BCUT2D eigenvalue weighted by Crippen LogP contribution is 2.23. The lowest BCUT2D eigenvalue weighted by Gasteiger charge is -2.24. The normalized spacial score (nSPS) is 22.8. The maximum absolute atomic E-state index is 11.0. The molecule has 0 heterocycles. The van der Waals surface area contributed by atoms with Crippen molar-refractivity contribution in [3.63, 3.8) is 0 Å². The number of ketones is 2. The molecule has 0 aromatic rings. The highest BCUT2D eigenvalue weighted by Gasteiger charge is 2.28. The molecule has 0 bridgehead atoms. The number of rotatable bonds is 2. The molecular weight excluding hydrogens is 156 g/mol. The van der Waals surface area contributed by atoms with E-state index in [0.29, 0.717) is 12.8 Å². The van der Waals surface area contributed by atoms with Crippen LogP contribution in [0.2, 0.25) is 0 Å². The minimum Gasteiger partial charge on any atom is -0.381 e. The van der Waals surface area contributed by atoms with Gasteiger partial charge in [-0.1, -0.05) is 0 Å². The van der Waals surface area contributed by atoms with Gasteiger partial charge in [0.1, 0.15) is 11.6 Å². The summed E-state index contributed by atoms with van der Waals surface area (Å²) in [5.74, 6) is 0.212. The van der Waals surface area contributed by atoms with Crippen molar-refractivity contribution in [2.24, 2.45) is 5.92 Å². The van der Waals surface area contributed by atoms with Gasteiger partial charge < -0.3 is 4.74 Å². The summed E-state index contributed by atoms with van der Waals surface area (Å²) in [6.07, 6.45) is 1.15. The number of methoxy groups -OCH3 is 1. The van der Waals surface area contributed by atoms with Gasteiger partial charge in [-0.05, 0) is 12.8 Å². The van der Waals surface area contributed by atoms with E-state index in [9.17, 15) is 9.59 Å². The molecule has 1 aliphatic rings. The first-order chi connectivity index (χ1) is 5.63. The third kappa shape index (κ3) is 2.14. The van der Waals surface area contributed by atoms with Crippen molar-refractivity contribution in [3.8, 4) is 0 Å². The Hall–Kier alpha value is -0.700. The third-order valence-corrected chi connectivity index (χ3v) is 2.41. The Bertz CT molecular complexity index is 182. The number of hydrogen-bond acceptors (Lipinski definition) is 3. The molecule has 0 amide bonds. The fourth-order valence-corrected chi connectivity index (χ4v) is 1.55. The minimum atomic E-state index is 0.0122. The molecular formula is C9H14O3. The Kier molecular flexibility index (Phi) is 2.98. The molecule has 0 aromatic carbocycles. The Morgan fingerprint density at radius 3 is 2.25 bits per heavy atom. The molecule has 1 saturated carbocycles. The van der Waals surface area contributed by atoms with E-state index in [2.05, 4.69) is 0 Å². The summed E-state index contributed by atoms with van der Waals surface area (Å²) < 4.78 is 5.08. The average molecular weight is 170 g/mol. The molecule has 3 heteroatoms. The van der Waals surface area contributed by atoms with E-state index in [4.69, 9.17) is 4.74 Å². The molecule has 0 N–H and O–H groups in total. The Morgan fingerprint density at radius 2 is 1.83 bits per heavy atom. The molecule has 1 fully saturated rings. The summed E-state index contributed by atoms with van der Waals surface area (Å²) in [5, 5.41) is 0. The number of carbonyl (C=O) groups excluding carboxylic acids is 2. The van der Waals surface area contributed by atoms with E-state index in [0.717, 1.165) is 0 Å². The van der Waals surface area contributed by atoms with Gasteiger partial charge >= 0.3 is 0 Å². The van der Waals surface area contributed by atoms with Gasteiger partial charge in [-0.25, -0.2) is 0 Å². The lowest BCUT2D eigenvalue weighted by atomic mass is 9.84. The van der Waals surface area contributed by atoms with Crippen molar-refractivity contribution >= 4 is 11.6 Å². The lowest BCUT2D eigenvalue weighted by Crippen LogP contribution is -2.30. The Morgan fingerprint density at radius 1 is 1.33 bits per heavy atom. The van der Waals surface area contributed by atoms with E-state index in [1.807, 2.05) is 6.92 Å². The van der Waals surface area contributed by atoms with Crippen LogP contribution in [0.25, 0.3) is 0 Å². The van der Waals surface area contributed by atoms with E-state index in [1.54, 1.807) is 7.11 Å². The SMILES string of the molecule is COC(C)C1CC(=O)CC(=O)C1. The molecule has 0 radical (unpaired) electrons. The van der Waals surface area contributed by atoms with Crippen LogP contribution in [-0.2, 0) is 14.3 Å². The standard InChI is InChI=1S/C9H14O3/c1-6(12-2)7-3-8(10)5-9(11)4-7/h6-7H,3-5H2,1-2H3. The number of Topliss-reactive ketones (excluding diaryl/α,β-unsaturated/α-hetero) is 2. The van der Waals surface area contributed by atoms with Gasteiger partial charge in [0.2, 0.25) is 0 Å². The van der Waals surface area contributed by atoms with Crippen LogP contribution in [0.1, 0.15) is 26.2 Å². The maximum atomic E-state index is 11.0. The summed E-state index contributed by atoms with van der Waals surface area (Å²) in [6, 6.07) is 0. The van der Waals surface area contributed by atoms with Crippen LogP contribution in [0.3, 0.4) is 0 Å². The van der Waals surface area contributed by atoms with Crippen LogP contribution in [0, 0.1) is 5.92 Å². The van der Waals surface area contributed by atoms with Crippen molar-refractivity contribution in [2.45, 2.75) is 32.3 Å². The van der Waals surface area contributed by atoms with Crippen LogP contribution >= 0.6 is 0 Å². The predicted molar refractivity (Wildman–Crippen MR) is 43.8 cm³/mol. The van der Waals surface area contributed by atoms with Gasteiger partial charge in [0.25, 0.3) is 0 Å². The molecule has 3 nitrogen and oxygen atoms in total. The van der Waals surface area contributed by atoms with E-state index in [-0.39, 0.29) is 30.0 Å². The van der Waals surface area contributed by atoms with Crippen LogP contribution in [-0.4, -0.2) is 24.8 Å². The summed E-state index contributed by atoms with van der Waals surface area (Å²) >= 11 is 0. The highest BCUT2D eigenvalue weighted by molar-refractivity contribution is 6.01. The van der Waals surface area contributed by atoms with Crippen molar-refractivity contribution in [2.75, 3.05) is 7.11 Å². The molecule has 0 aliphatic heterocycles. The molecule has 1 rings (SSSR count). The molecule has 1 aliphatic carbocycles. The minimum absolute atomic E-state index is 0.0122. The van der Waals surface area contributed by atoms with E-state index < -0.39 is 0 Å². The number of carbonyl (C=O) groups is 2. The first-order valence-electron chi connectivity index (χ1n) is 4.19. The first-order valence-corrected chi connectivity index (χ1v) is 4.19. The van der Waals surface area contributed by atoms with Gasteiger partial charge in [-0.15, -0.1) is 0 Å². The average Bonchev–Trinajstić information content (AvgIpc) is 2.01. The van der Waals surface area contributed by atoms with E-state index >= 15 is 0 Å². The monoisotopic (exact) mass is 170 g/mol. The van der Waals surface area contributed by atoms with Gasteiger partial charge in [0, 0.05) is 20.0 Å². The summed E-state index contributed by atoms with van der Waals surface area (Å²) in [4.78, 5) is 22.1.